The molecule has 33 heavy (non-hydrogen) atoms. The molecule has 0 bridgehead atoms. The van der Waals surface area contributed by atoms with Crippen molar-refractivity contribution < 1.29 is 39.6 Å². The number of aliphatic hydroxyl groups excluding tert-OH is 2. The summed E-state index contributed by atoms with van der Waals surface area (Å²) in [4.78, 5) is 36.6. The molecular formula is C21H30N4O8. The Labute approximate surface area is 191 Å². The van der Waals surface area contributed by atoms with Crippen molar-refractivity contribution in [3.63, 3.8) is 0 Å². The Morgan fingerprint density at radius 3 is 2.52 bits per heavy atom. The maximum absolute atomic E-state index is 12.4. The van der Waals surface area contributed by atoms with E-state index in [1.165, 1.54) is 12.3 Å². The molecule has 4 amide bonds. The summed E-state index contributed by atoms with van der Waals surface area (Å²) in [5.41, 5.74) is -0.202. The molecule has 2 aliphatic heterocycles. The zero-order valence-electron chi connectivity index (χ0n) is 18.1. The van der Waals surface area contributed by atoms with Gasteiger partial charge in [-0.3, -0.25) is 19.7 Å². The Hall–Kier alpha value is -2.95. The van der Waals surface area contributed by atoms with Crippen LogP contribution in [0.5, 0.6) is 0 Å². The molecule has 2 heterocycles. The average Bonchev–Trinajstić information content (AvgIpc) is 3.05. The maximum atomic E-state index is 12.4. The summed E-state index contributed by atoms with van der Waals surface area (Å²) in [5.74, 6) is 1.34. The van der Waals surface area contributed by atoms with Crippen LogP contribution in [0.3, 0.4) is 0 Å². The summed E-state index contributed by atoms with van der Waals surface area (Å²) < 4.78 is 5.43. The topological polar surface area (TPSA) is 181 Å². The first-order chi connectivity index (χ1) is 15.8. The highest BCUT2D eigenvalue weighted by Crippen LogP contribution is 2.33. The standard InChI is InChI=1S/C21H30N4O8/c1-2-21(31)15(13-26)33-19(18(21)29)25-12-10-14(9-11-22-20(25)30)23-16(27)7-5-3-4-6-8-17(28)24-32/h1,9-10,12,15,18-19,26,29,31-32H,3-8,11,13H2,(H,22,30)(H,23,27)(H,24,28)/b12-10-,14-9-/t15-,18+,19-,21-/m1/s1. The van der Waals surface area contributed by atoms with Gasteiger partial charge in [0.2, 0.25) is 11.8 Å². The lowest BCUT2D eigenvalue weighted by Gasteiger charge is -2.29. The zero-order valence-corrected chi connectivity index (χ0v) is 18.1. The van der Waals surface area contributed by atoms with E-state index in [1.807, 2.05) is 5.92 Å². The second-order valence-electron chi connectivity index (χ2n) is 7.68. The third kappa shape index (κ3) is 6.77. The number of hydrogen-bond acceptors (Lipinski definition) is 8. The SMILES string of the molecule is C#C[C@@]1(O)[C@@H](CO)O[C@@H](N2/C=C\C(NC(=O)CCCCCCC(=O)NO)=C\CNC2=O)[C@@H]1O. The first-order valence-corrected chi connectivity index (χ1v) is 10.6. The van der Waals surface area contributed by atoms with Crippen molar-refractivity contribution in [2.75, 3.05) is 13.2 Å². The van der Waals surface area contributed by atoms with Crippen LogP contribution in [-0.2, 0) is 14.3 Å². The van der Waals surface area contributed by atoms with Gasteiger partial charge >= 0.3 is 6.03 Å². The van der Waals surface area contributed by atoms with E-state index in [2.05, 4.69) is 10.6 Å². The van der Waals surface area contributed by atoms with E-state index >= 15 is 0 Å². The molecule has 4 atom stereocenters. The molecule has 0 radical (unpaired) electrons. The Morgan fingerprint density at radius 1 is 1.27 bits per heavy atom. The number of carbonyl (C=O) groups excluding carboxylic acids is 3. The summed E-state index contributed by atoms with van der Waals surface area (Å²) in [6, 6.07) is -0.634. The van der Waals surface area contributed by atoms with Gasteiger partial charge < -0.3 is 30.7 Å². The van der Waals surface area contributed by atoms with Gasteiger partial charge in [0.15, 0.2) is 11.8 Å². The number of amides is 4. The van der Waals surface area contributed by atoms with E-state index in [0.29, 0.717) is 18.5 Å². The number of terminal acetylenes is 1. The highest BCUT2D eigenvalue weighted by molar-refractivity contribution is 5.79. The number of rotatable bonds is 10. The molecule has 2 rings (SSSR count). The zero-order chi connectivity index (χ0) is 24.4. The predicted molar refractivity (Wildman–Crippen MR) is 114 cm³/mol. The lowest BCUT2D eigenvalue weighted by atomic mass is 9.93. The normalized spacial score (nSPS) is 29.7. The van der Waals surface area contributed by atoms with Gasteiger partial charge in [-0.15, -0.1) is 6.42 Å². The second kappa shape index (κ2) is 12.3. The van der Waals surface area contributed by atoms with Crippen molar-refractivity contribution in [3.05, 3.63) is 24.0 Å². The van der Waals surface area contributed by atoms with Crippen molar-refractivity contribution in [2.45, 2.75) is 62.6 Å². The van der Waals surface area contributed by atoms with E-state index in [4.69, 9.17) is 16.4 Å². The Bertz CT molecular complexity index is 824. The van der Waals surface area contributed by atoms with Gasteiger partial charge in [0.25, 0.3) is 0 Å². The molecule has 0 saturated carbocycles. The molecular weight excluding hydrogens is 436 g/mol. The highest BCUT2D eigenvalue weighted by Gasteiger charge is 2.56. The van der Waals surface area contributed by atoms with Crippen LogP contribution in [-0.4, -0.2) is 80.5 Å². The molecule has 12 heteroatoms. The first kappa shape index (κ1) is 26.3. The second-order valence-corrected chi connectivity index (χ2v) is 7.68. The quantitative estimate of drug-likeness (QED) is 0.0908. The molecule has 0 aromatic carbocycles. The number of nitrogens with zero attached hydrogens (tertiary/aromatic N) is 1. The van der Waals surface area contributed by atoms with E-state index in [9.17, 15) is 29.7 Å². The first-order valence-electron chi connectivity index (χ1n) is 10.6. The number of unbranched alkanes of at least 4 members (excludes halogenated alkanes) is 3. The lowest BCUT2D eigenvalue weighted by molar-refractivity contribution is -0.129. The number of ether oxygens (including phenoxy) is 1. The van der Waals surface area contributed by atoms with E-state index in [0.717, 1.165) is 17.7 Å². The van der Waals surface area contributed by atoms with Crippen LogP contribution < -0.4 is 16.1 Å². The number of allylic oxidation sites excluding steroid dienone is 1. The van der Waals surface area contributed by atoms with Crippen LogP contribution in [0.15, 0.2) is 24.0 Å². The molecule has 0 aliphatic carbocycles. The summed E-state index contributed by atoms with van der Waals surface area (Å²) in [5, 5.41) is 44.0. The van der Waals surface area contributed by atoms with Crippen molar-refractivity contribution in [2.24, 2.45) is 0 Å². The Balaban J connectivity index is 1.91. The van der Waals surface area contributed by atoms with Gasteiger partial charge in [-0.25, -0.2) is 10.3 Å². The fourth-order valence-corrected chi connectivity index (χ4v) is 3.47. The van der Waals surface area contributed by atoms with Crippen LogP contribution in [0.25, 0.3) is 0 Å². The molecule has 0 aromatic rings. The molecule has 2 aliphatic rings. The number of urea groups is 1. The average molecular weight is 466 g/mol. The van der Waals surface area contributed by atoms with Gasteiger partial charge in [0, 0.05) is 31.3 Å². The van der Waals surface area contributed by atoms with E-state index in [1.54, 1.807) is 11.6 Å². The van der Waals surface area contributed by atoms with E-state index in [-0.39, 0.29) is 25.3 Å². The molecule has 0 spiro atoms. The van der Waals surface area contributed by atoms with Gasteiger partial charge in [0.05, 0.1) is 6.61 Å². The smallest absolute Gasteiger partial charge is 0.323 e. The fraction of sp³-hybridized carbons (Fsp3) is 0.571. The van der Waals surface area contributed by atoms with E-state index < -0.39 is 42.6 Å². The van der Waals surface area contributed by atoms with Crippen LogP contribution in [0.1, 0.15) is 38.5 Å². The third-order valence-corrected chi connectivity index (χ3v) is 5.38. The van der Waals surface area contributed by atoms with Gasteiger partial charge in [-0.05, 0) is 25.0 Å². The van der Waals surface area contributed by atoms with Crippen LogP contribution in [0.4, 0.5) is 4.79 Å². The van der Waals surface area contributed by atoms with Crippen LogP contribution in [0.2, 0.25) is 0 Å². The summed E-state index contributed by atoms with van der Waals surface area (Å²) in [6.45, 7) is -0.586. The molecule has 1 saturated heterocycles. The predicted octanol–water partition coefficient (Wildman–Crippen LogP) is -1.19. The van der Waals surface area contributed by atoms with Gasteiger partial charge in [-0.1, -0.05) is 18.8 Å². The monoisotopic (exact) mass is 466 g/mol. The van der Waals surface area contributed by atoms with Crippen molar-refractivity contribution in [3.8, 4) is 12.3 Å². The van der Waals surface area contributed by atoms with Gasteiger partial charge in [0.1, 0.15) is 12.2 Å². The Kier molecular flexibility index (Phi) is 9.83. The van der Waals surface area contributed by atoms with Gasteiger partial charge in [-0.2, -0.15) is 0 Å². The number of hydrogen-bond donors (Lipinski definition) is 7. The number of carbonyl (C=O) groups is 3. The minimum absolute atomic E-state index is 0.0772. The van der Waals surface area contributed by atoms with Crippen LogP contribution in [0, 0.1) is 12.3 Å². The van der Waals surface area contributed by atoms with Crippen molar-refractivity contribution in [1.29, 1.82) is 0 Å². The summed E-state index contributed by atoms with van der Waals surface area (Å²) in [6.07, 6.45) is 8.47. The lowest BCUT2D eigenvalue weighted by Crippen LogP contribution is -2.53. The highest BCUT2D eigenvalue weighted by atomic mass is 16.6. The fourth-order valence-electron chi connectivity index (χ4n) is 3.47. The summed E-state index contributed by atoms with van der Waals surface area (Å²) in [7, 11) is 0. The number of nitrogens with one attached hydrogen (secondary N) is 3. The number of aliphatic hydroxyl groups is 3. The summed E-state index contributed by atoms with van der Waals surface area (Å²) >= 11 is 0. The largest absolute Gasteiger partial charge is 0.394 e. The van der Waals surface area contributed by atoms with Crippen LogP contribution >= 0.6 is 0 Å². The Morgan fingerprint density at radius 2 is 1.94 bits per heavy atom. The molecule has 1 fully saturated rings. The third-order valence-electron chi connectivity index (χ3n) is 5.38. The minimum Gasteiger partial charge on any atom is -0.394 e. The number of hydroxylamine groups is 1. The minimum atomic E-state index is -2.18. The van der Waals surface area contributed by atoms with Crippen molar-refractivity contribution >= 4 is 17.8 Å². The molecule has 182 valence electrons. The molecule has 7 N–H and O–H groups in total. The van der Waals surface area contributed by atoms with Crippen molar-refractivity contribution in [1.82, 2.24) is 21.0 Å². The molecule has 0 unspecified atom stereocenters. The molecule has 0 aromatic heterocycles. The maximum Gasteiger partial charge on any atom is 0.323 e. The molecule has 12 nitrogen and oxygen atoms in total.